The zero-order chi connectivity index (χ0) is 22.5. The molecule has 13 atom stereocenters. The normalized spacial score (nSPS) is 59.8. The van der Waals surface area contributed by atoms with Crippen LogP contribution in [0.15, 0.2) is 12.2 Å². The van der Waals surface area contributed by atoms with Crippen molar-refractivity contribution in [3.63, 3.8) is 0 Å². The largest absolute Gasteiger partial charge is 0.461 e. The van der Waals surface area contributed by atoms with Crippen LogP contribution in [-0.2, 0) is 19.1 Å². The van der Waals surface area contributed by atoms with Crippen molar-refractivity contribution in [2.45, 2.75) is 83.8 Å². The molecule has 3 heterocycles. The molecule has 1 N–H and O–H groups in total. The van der Waals surface area contributed by atoms with E-state index in [1.54, 1.807) is 0 Å². The minimum absolute atomic E-state index is 0.0431. The van der Waals surface area contributed by atoms with E-state index in [-0.39, 0.29) is 70.2 Å². The number of aliphatic hydroxyl groups is 1. The van der Waals surface area contributed by atoms with Gasteiger partial charge in [0, 0.05) is 42.8 Å². The topological polar surface area (TPSA) is 76.1 Å². The van der Waals surface area contributed by atoms with Crippen molar-refractivity contribution in [1.29, 1.82) is 0 Å². The lowest BCUT2D eigenvalue weighted by molar-refractivity contribution is -0.232. The third-order valence-corrected chi connectivity index (χ3v) is 11.1. The van der Waals surface area contributed by atoms with E-state index in [4.69, 9.17) is 9.47 Å². The van der Waals surface area contributed by atoms with Gasteiger partial charge in [0.05, 0.1) is 17.9 Å². The van der Waals surface area contributed by atoms with Gasteiger partial charge in [-0.3, -0.25) is 14.5 Å². The fraction of sp³-hybridized carbons (Fsp3) is 0.846. The molecular weight excluding hydrogens is 406 g/mol. The summed E-state index contributed by atoms with van der Waals surface area (Å²) in [6.45, 7) is 13.1. The second kappa shape index (κ2) is 5.63. The first-order valence-corrected chi connectivity index (χ1v) is 12.5. The maximum atomic E-state index is 12.9. The van der Waals surface area contributed by atoms with E-state index in [0.29, 0.717) is 18.0 Å². The molecule has 0 amide bonds. The predicted octanol–water partition coefficient (Wildman–Crippen LogP) is 2.54. The van der Waals surface area contributed by atoms with Crippen molar-refractivity contribution in [2.24, 2.45) is 45.8 Å². The van der Waals surface area contributed by atoms with Crippen LogP contribution in [0.4, 0.5) is 0 Å². The number of carbonyl (C=O) groups excluding carboxylic acids is 2. The number of carbonyl (C=O) groups is 2. The smallest absolute Gasteiger partial charge is 0.308 e. The molecule has 32 heavy (non-hydrogen) atoms. The van der Waals surface area contributed by atoms with E-state index in [1.807, 2.05) is 13.8 Å². The summed E-state index contributed by atoms with van der Waals surface area (Å²) in [6, 6.07) is 0.840. The van der Waals surface area contributed by atoms with E-state index in [1.165, 1.54) is 6.92 Å². The SMILES string of the molecule is C=C1C[C@@]23C[C@H]4[C@@H]5[C@@]6(C)C[C@H](O)C[C@@]57[C@@H]2[C@H](OC(C)=O)[C@@H]1[C@H](OC(=O)C(C)C)[C@@H]3[C@H]7N4C6. The van der Waals surface area contributed by atoms with E-state index in [9.17, 15) is 14.7 Å². The molecule has 6 nitrogen and oxygen atoms in total. The van der Waals surface area contributed by atoms with Crippen LogP contribution in [0.1, 0.15) is 53.4 Å². The quantitative estimate of drug-likeness (QED) is 0.536. The Bertz CT molecular complexity index is 962. The summed E-state index contributed by atoms with van der Waals surface area (Å²) in [5.74, 6) is 0.211. The molecule has 174 valence electrons. The van der Waals surface area contributed by atoms with Crippen LogP contribution in [0.5, 0.6) is 0 Å². The molecule has 6 heteroatoms. The molecule has 9 fully saturated rings. The van der Waals surface area contributed by atoms with Crippen molar-refractivity contribution < 1.29 is 24.2 Å². The Balaban J connectivity index is 1.44. The first kappa shape index (κ1) is 20.0. The average molecular weight is 442 g/mol. The molecule has 1 unspecified atom stereocenters. The monoisotopic (exact) mass is 441 g/mol. The zero-order valence-corrected chi connectivity index (χ0v) is 19.5. The van der Waals surface area contributed by atoms with Crippen molar-refractivity contribution in [3.8, 4) is 0 Å². The molecule has 3 saturated heterocycles. The van der Waals surface area contributed by atoms with E-state index >= 15 is 0 Å². The second-order valence-electron chi connectivity index (χ2n) is 12.9. The minimum Gasteiger partial charge on any atom is -0.461 e. The third kappa shape index (κ3) is 1.88. The second-order valence-corrected chi connectivity index (χ2v) is 12.9. The van der Waals surface area contributed by atoms with Crippen molar-refractivity contribution in [2.75, 3.05) is 6.54 Å². The van der Waals surface area contributed by atoms with Gasteiger partial charge in [0.2, 0.25) is 0 Å². The van der Waals surface area contributed by atoms with Gasteiger partial charge in [0.25, 0.3) is 0 Å². The van der Waals surface area contributed by atoms with Gasteiger partial charge in [-0.15, -0.1) is 0 Å². The number of hydrogen-bond donors (Lipinski definition) is 1. The number of fused-ring (bicyclic) bond motifs is 1. The van der Waals surface area contributed by atoms with Gasteiger partial charge in [-0.25, -0.2) is 0 Å². The first-order valence-electron chi connectivity index (χ1n) is 12.5. The molecule has 6 saturated carbocycles. The van der Waals surface area contributed by atoms with Crippen LogP contribution in [-0.4, -0.2) is 58.9 Å². The van der Waals surface area contributed by atoms with Crippen LogP contribution >= 0.6 is 0 Å². The molecule has 9 rings (SSSR count). The van der Waals surface area contributed by atoms with Gasteiger partial charge >= 0.3 is 11.9 Å². The molecule has 0 aromatic heterocycles. The molecule has 9 aliphatic rings. The van der Waals surface area contributed by atoms with E-state index in [0.717, 1.165) is 37.8 Å². The summed E-state index contributed by atoms with van der Waals surface area (Å²) >= 11 is 0. The van der Waals surface area contributed by atoms with E-state index < -0.39 is 0 Å². The van der Waals surface area contributed by atoms with Crippen molar-refractivity contribution in [1.82, 2.24) is 4.90 Å². The van der Waals surface area contributed by atoms with Crippen LogP contribution in [0.3, 0.4) is 0 Å². The summed E-state index contributed by atoms with van der Waals surface area (Å²) in [5, 5.41) is 11.1. The molecule has 3 aliphatic heterocycles. The van der Waals surface area contributed by atoms with Crippen LogP contribution < -0.4 is 0 Å². The maximum absolute atomic E-state index is 12.9. The molecule has 2 spiro atoms. The summed E-state index contributed by atoms with van der Waals surface area (Å²) in [6.07, 6.45) is 2.77. The highest BCUT2D eigenvalue weighted by Crippen LogP contribution is 2.87. The van der Waals surface area contributed by atoms with E-state index in [2.05, 4.69) is 18.4 Å². The number of nitrogens with zero attached hydrogens (tertiary/aromatic N) is 1. The van der Waals surface area contributed by atoms with Crippen molar-refractivity contribution >= 4 is 11.9 Å². The van der Waals surface area contributed by atoms with Gasteiger partial charge in [-0.05, 0) is 42.4 Å². The Labute approximate surface area is 189 Å². The Kier molecular flexibility index (Phi) is 3.52. The average Bonchev–Trinajstić information content (AvgIpc) is 3.08. The molecule has 0 aromatic rings. The highest BCUT2D eigenvalue weighted by molar-refractivity contribution is 5.72. The molecule has 9 bridgehead atoms. The lowest BCUT2D eigenvalue weighted by atomic mass is 9.39. The summed E-state index contributed by atoms with van der Waals surface area (Å²) < 4.78 is 12.5. The molecule has 0 radical (unpaired) electrons. The Hall–Kier alpha value is -1.40. The highest BCUT2D eigenvalue weighted by atomic mass is 16.6. The minimum atomic E-state index is -0.314. The lowest BCUT2D eigenvalue weighted by Crippen LogP contribution is -2.69. The zero-order valence-electron chi connectivity index (χ0n) is 19.5. The van der Waals surface area contributed by atoms with Gasteiger partial charge < -0.3 is 14.6 Å². The number of ether oxygens (including phenoxy) is 2. The van der Waals surface area contributed by atoms with Crippen molar-refractivity contribution in [3.05, 3.63) is 12.2 Å². The number of piperidine rings is 2. The number of rotatable bonds is 3. The third-order valence-electron chi connectivity index (χ3n) is 11.1. The Morgan fingerprint density at radius 2 is 1.91 bits per heavy atom. The van der Waals surface area contributed by atoms with Gasteiger partial charge in [-0.2, -0.15) is 0 Å². The summed E-state index contributed by atoms with van der Waals surface area (Å²) in [7, 11) is 0. The Morgan fingerprint density at radius 1 is 1.16 bits per heavy atom. The summed E-state index contributed by atoms with van der Waals surface area (Å²) in [4.78, 5) is 28.0. The number of aliphatic hydroxyl groups excluding tert-OH is 1. The number of hydrogen-bond acceptors (Lipinski definition) is 6. The fourth-order valence-corrected chi connectivity index (χ4v) is 11.4. The predicted molar refractivity (Wildman–Crippen MR) is 115 cm³/mol. The molecule has 6 aliphatic carbocycles. The molecular formula is C26H35NO5. The van der Waals surface area contributed by atoms with Crippen LogP contribution in [0, 0.1) is 45.8 Å². The van der Waals surface area contributed by atoms with Crippen LogP contribution in [0.2, 0.25) is 0 Å². The highest BCUT2D eigenvalue weighted by Gasteiger charge is 2.91. The lowest BCUT2D eigenvalue weighted by Gasteiger charge is -2.66. The molecule has 0 aromatic carbocycles. The van der Waals surface area contributed by atoms with Gasteiger partial charge in [0.15, 0.2) is 0 Å². The van der Waals surface area contributed by atoms with Crippen LogP contribution in [0.25, 0.3) is 0 Å². The summed E-state index contributed by atoms with van der Waals surface area (Å²) in [5.41, 5.74) is 1.10. The number of esters is 2. The Morgan fingerprint density at radius 3 is 2.59 bits per heavy atom. The maximum Gasteiger partial charge on any atom is 0.308 e. The van der Waals surface area contributed by atoms with Gasteiger partial charge in [-0.1, -0.05) is 32.9 Å². The fourth-order valence-electron chi connectivity index (χ4n) is 11.4. The van der Waals surface area contributed by atoms with Gasteiger partial charge in [0.1, 0.15) is 12.2 Å². The standard InChI is InChI=1S/C26H35NO5/c1-11(2)23(30)32-18-16-12(3)6-25-9-15-20-24(5)7-14(29)8-26(20,21(25)19(16)31-13(4)28)22(17(18)25)27(15)10-24/h11,14-22,29H,3,6-10H2,1-2,4-5H3/t14-,15-,16-,17+,18-,19+,20+,21+,22+,24-,25-,26-/m0/s1. The first-order chi connectivity index (χ1) is 15.0.